The van der Waals surface area contributed by atoms with Crippen LogP contribution in [0.4, 0.5) is 5.69 Å². The number of carboxylic acid groups (broad SMARTS) is 1. The van der Waals surface area contributed by atoms with Gasteiger partial charge in [-0.2, -0.15) is 0 Å². The third-order valence-electron chi connectivity index (χ3n) is 2.94. The van der Waals surface area contributed by atoms with Crippen LogP contribution in [-0.2, 0) is 11.3 Å². The fourth-order valence-corrected chi connectivity index (χ4v) is 1.90. The number of carbonyl (C=O) groups is 2. The van der Waals surface area contributed by atoms with Crippen molar-refractivity contribution in [2.75, 3.05) is 5.32 Å². The minimum absolute atomic E-state index is 0.311. The van der Waals surface area contributed by atoms with Gasteiger partial charge in [0, 0.05) is 17.8 Å². The zero-order valence-electron chi connectivity index (χ0n) is 11.4. The Morgan fingerprint density at radius 1 is 1.19 bits per heavy atom. The molecule has 108 valence electrons. The summed E-state index contributed by atoms with van der Waals surface area (Å²) in [6.45, 7) is 1.37. The Hall–Kier alpha value is -2.89. The third-order valence-corrected chi connectivity index (χ3v) is 2.94. The number of pyridine rings is 1. The number of benzene rings is 1. The maximum Gasteiger partial charge on any atom is 0.323 e. The lowest BCUT2D eigenvalue weighted by Crippen LogP contribution is -2.24. The van der Waals surface area contributed by atoms with Gasteiger partial charge in [0.2, 0.25) is 0 Å². The average molecular weight is 286 g/mol. The van der Waals surface area contributed by atoms with Gasteiger partial charge in [-0.25, -0.2) is 0 Å². The molecule has 1 aromatic heterocycles. The molecule has 0 saturated heterocycles. The second kappa shape index (κ2) is 6.04. The standard InChI is InChI=1S/C15H14N2O4/c1-10-4-2-3-5-12(10)15(21)16-11-6-7-13(18)17(8-11)9-14(19)20/h2-8H,9H2,1H3,(H,16,21)(H,19,20). The van der Waals surface area contributed by atoms with E-state index in [-0.39, 0.29) is 5.91 Å². The van der Waals surface area contributed by atoms with Crippen LogP contribution in [0.15, 0.2) is 47.4 Å². The van der Waals surface area contributed by atoms with E-state index in [1.165, 1.54) is 18.3 Å². The van der Waals surface area contributed by atoms with Gasteiger partial charge in [0.15, 0.2) is 0 Å². The second-order valence-electron chi connectivity index (χ2n) is 4.55. The molecule has 0 aliphatic carbocycles. The predicted molar refractivity (Wildman–Crippen MR) is 77.5 cm³/mol. The number of hydrogen-bond donors (Lipinski definition) is 2. The number of anilines is 1. The highest BCUT2D eigenvalue weighted by molar-refractivity contribution is 6.05. The molecular weight excluding hydrogens is 272 g/mol. The number of aryl methyl sites for hydroxylation is 1. The molecule has 6 heteroatoms. The van der Waals surface area contributed by atoms with Gasteiger partial charge in [-0.1, -0.05) is 18.2 Å². The molecule has 2 N–H and O–H groups in total. The fraction of sp³-hybridized carbons (Fsp3) is 0.133. The van der Waals surface area contributed by atoms with Crippen molar-refractivity contribution in [1.82, 2.24) is 4.57 Å². The van der Waals surface area contributed by atoms with E-state index in [0.717, 1.165) is 10.1 Å². The minimum Gasteiger partial charge on any atom is -0.480 e. The lowest BCUT2D eigenvalue weighted by molar-refractivity contribution is -0.137. The van der Waals surface area contributed by atoms with Crippen LogP contribution in [0.25, 0.3) is 0 Å². The normalized spacial score (nSPS) is 10.1. The number of carbonyl (C=O) groups excluding carboxylic acids is 1. The number of nitrogens with one attached hydrogen (secondary N) is 1. The lowest BCUT2D eigenvalue weighted by atomic mass is 10.1. The van der Waals surface area contributed by atoms with Crippen molar-refractivity contribution < 1.29 is 14.7 Å². The first-order valence-electron chi connectivity index (χ1n) is 6.26. The SMILES string of the molecule is Cc1ccccc1C(=O)Nc1ccc(=O)n(CC(=O)O)c1. The quantitative estimate of drug-likeness (QED) is 0.891. The molecule has 1 heterocycles. The van der Waals surface area contributed by atoms with E-state index in [4.69, 9.17) is 5.11 Å². The van der Waals surface area contributed by atoms with Gasteiger partial charge >= 0.3 is 5.97 Å². The summed E-state index contributed by atoms with van der Waals surface area (Å²) < 4.78 is 1.02. The number of hydrogen-bond acceptors (Lipinski definition) is 3. The van der Waals surface area contributed by atoms with E-state index in [1.807, 2.05) is 19.1 Å². The number of nitrogens with zero attached hydrogens (tertiary/aromatic N) is 1. The maximum atomic E-state index is 12.1. The van der Waals surface area contributed by atoms with Crippen LogP contribution in [0.2, 0.25) is 0 Å². The molecule has 0 saturated carbocycles. The van der Waals surface area contributed by atoms with Crippen molar-refractivity contribution in [3.05, 3.63) is 64.1 Å². The smallest absolute Gasteiger partial charge is 0.323 e. The summed E-state index contributed by atoms with van der Waals surface area (Å²) in [5.41, 5.74) is 1.28. The zero-order valence-corrected chi connectivity index (χ0v) is 11.4. The van der Waals surface area contributed by atoms with Crippen LogP contribution >= 0.6 is 0 Å². The van der Waals surface area contributed by atoms with Crippen LogP contribution in [0.5, 0.6) is 0 Å². The Balaban J connectivity index is 2.24. The fourth-order valence-electron chi connectivity index (χ4n) is 1.90. The van der Waals surface area contributed by atoms with Gasteiger partial charge in [-0.15, -0.1) is 0 Å². The Kier molecular flexibility index (Phi) is 4.18. The first kappa shape index (κ1) is 14.5. The summed E-state index contributed by atoms with van der Waals surface area (Å²) in [5, 5.41) is 11.4. The Bertz CT molecular complexity index is 749. The summed E-state index contributed by atoms with van der Waals surface area (Å²) in [5.74, 6) is -1.44. The topological polar surface area (TPSA) is 88.4 Å². The van der Waals surface area contributed by atoms with E-state index in [0.29, 0.717) is 11.3 Å². The van der Waals surface area contributed by atoms with E-state index in [2.05, 4.69) is 5.32 Å². The first-order valence-corrected chi connectivity index (χ1v) is 6.26. The molecule has 0 aliphatic heterocycles. The number of amides is 1. The molecule has 21 heavy (non-hydrogen) atoms. The molecule has 0 aliphatic rings. The molecule has 2 aromatic rings. The Morgan fingerprint density at radius 2 is 1.90 bits per heavy atom. The summed E-state index contributed by atoms with van der Waals surface area (Å²) in [7, 11) is 0. The van der Waals surface area contributed by atoms with Gasteiger partial charge < -0.3 is 15.0 Å². The van der Waals surface area contributed by atoms with Gasteiger partial charge in [-0.05, 0) is 24.6 Å². The summed E-state index contributed by atoms with van der Waals surface area (Å²) in [6.07, 6.45) is 1.31. The lowest BCUT2D eigenvalue weighted by Gasteiger charge is -2.09. The van der Waals surface area contributed by atoms with Crippen LogP contribution in [0.3, 0.4) is 0 Å². The Labute approximate surface area is 120 Å². The number of aliphatic carboxylic acids is 1. The number of carboxylic acids is 1. The van der Waals surface area contributed by atoms with E-state index in [1.54, 1.807) is 12.1 Å². The molecule has 6 nitrogen and oxygen atoms in total. The molecule has 2 rings (SSSR count). The van der Waals surface area contributed by atoms with Gasteiger partial charge in [0.05, 0.1) is 5.69 Å². The van der Waals surface area contributed by atoms with Crippen LogP contribution in [0, 0.1) is 6.92 Å². The monoisotopic (exact) mass is 286 g/mol. The maximum absolute atomic E-state index is 12.1. The summed E-state index contributed by atoms with van der Waals surface area (Å²) in [6, 6.07) is 9.76. The molecule has 0 spiro atoms. The van der Waals surface area contributed by atoms with Crippen molar-refractivity contribution in [1.29, 1.82) is 0 Å². The number of rotatable bonds is 4. The van der Waals surface area contributed by atoms with E-state index < -0.39 is 18.1 Å². The highest BCUT2D eigenvalue weighted by atomic mass is 16.4. The predicted octanol–water partition coefficient (Wildman–Crippen LogP) is 1.49. The summed E-state index contributed by atoms with van der Waals surface area (Å²) in [4.78, 5) is 34.3. The highest BCUT2D eigenvalue weighted by Gasteiger charge is 2.10. The summed E-state index contributed by atoms with van der Waals surface area (Å²) >= 11 is 0. The highest BCUT2D eigenvalue weighted by Crippen LogP contribution is 2.11. The number of aromatic nitrogens is 1. The van der Waals surface area contributed by atoms with Crippen molar-refractivity contribution in [3.8, 4) is 0 Å². The molecular formula is C15H14N2O4. The van der Waals surface area contributed by atoms with E-state index in [9.17, 15) is 14.4 Å². The van der Waals surface area contributed by atoms with E-state index >= 15 is 0 Å². The van der Waals surface area contributed by atoms with Gasteiger partial charge in [-0.3, -0.25) is 14.4 Å². The van der Waals surface area contributed by atoms with Crippen LogP contribution in [-0.4, -0.2) is 21.6 Å². The molecule has 0 unspecified atom stereocenters. The minimum atomic E-state index is -1.13. The largest absolute Gasteiger partial charge is 0.480 e. The van der Waals surface area contributed by atoms with Crippen LogP contribution < -0.4 is 10.9 Å². The zero-order chi connectivity index (χ0) is 15.4. The molecule has 1 aromatic carbocycles. The van der Waals surface area contributed by atoms with Crippen molar-refractivity contribution >= 4 is 17.6 Å². The molecule has 0 radical (unpaired) electrons. The van der Waals surface area contributed by atoms with Gasteiger partial charge in [0.25, 0.3) is 11.5 Å². The average Bonchev–Trinajstić information content (AvgIpc) is 2.42. The van der Waals surface area contributed by atoms with Crippen molar-refractivity contribution in [3.63, 3.8) is 0 Å². The van der Waals surface area contributed by atoms with Crippen LogP contribution in [0.1, 0.15) is 15.9 Å². The van der Waals surface area contributed by atoms with Crippen molar-refractivity contribution in [2.45, 2.75) is 13.5 Å². The molecule has 0 atom stereocenters. The Morgan fingerprint density at radius 3 is 2.57 bits per heavy atom. The molecule has 0 bridgehead atoms. The van der Waals surface area contributed by atoms with Gasteiger partial charge in [0.1, 0.15) is 6.54 Å². The van der Waals surface area contributed by atoms with Crippen molar-refractivity contribution in [2.24, 2.45) is 0 Å². The molecule has 0 fully saturated rings. The third kappa shape index (κ3) is 3.56. The first-order chi connectivity index (χ1) is 9.97. The second-order valence-corrected chi connectivity index (χ2v) is 4.55. The molecule has 1 amide bonds.